The zero-order chi connectivity index (χ0) is 22.9. The van der Waals surface area contributed by atoms with E-state index in [1.165, 1.54) is 54.0 Å². The Morgan fingerprint density at radius 2 is 1.29 bits per heavy atom. The minimum Gasteiger partial charge on any atom is -0.309 e. The molecule has 35 heavy (non-hydrogen) atoms. The fourth-order valence-electron chi connectivity index (χ4n) is 5.61. The zero-order valence-electron chi connectivity index (χ0n) is 18.7. The molecule has 0 unspecified atom stereocenters. The number of hydrogen-bond donors (Lipinski definition) is 0. The fourth-order valence-corrected chi connectivity index (χ4v) is 6.33. The fraction of sp³-hybridized carbons (Fsp3) is 0. The normalized spacial score (nSPS) is 12.0. The number of aromatic nitrogens is 3. The van der Waals surface area contributed by atoms with Crippen molar-refractivity contribution in [3.63, 3.8) is 0 Å². The highest BCUT2D eigenvalue weighted by Crippen LogP contribution is 2.42. The number of fused-ring (bicyclic) bond motifs is 8. The summed E-state index contributed by atoms with van der Waals surface area (Å²) < 4.78 is 6.03. The lowest BCUT2D eigenvalue weighted by Crippen LogP contribution is -1.95. The predicted molar refractivity (Wildman–Crippen MR) is 148 cm³/mol. The molecule has 0 bridgehead atoms. The van der Waals surface area contributed by atoms with Crippen molar-refractivity contribution in [3.8, 4) is 11.4 Å². The summed E-state index contributed by atoms with van der Waals surface area (Å²) in [5, 5.41) is 5.09. The SMILES string of the molecule is c1ccc(-n2c3ccccc3c3ccc4c(c5ccccc5n4-c4ccc5ncsc5c4)c32)cc1. The monoisotopic (exact) mass is 465 g/mol. The standard InChI is InChI=1S/C31H19N3S/c1-2-8-20(9-3-1)34-26-12-6-4-10-22(26)23-15-17-28-30(31(23)34)24-11-5-7-13-27(24)33(28)21-14-16-25-29(18-21)35-19-32-25/h1-19H. The van der Waals surface area contributed by atoms with Crippen LogP contribution in [-0.2, 0) is 0 Å². The lowest BCUT2D eigenvalue weighted by Gasteiger charge is -2.10. The highest BCUT2D eigenvalue weighted by Gasteiger charge is 2.20. The van der Waals surface area contributed by atoms with Crippen molar-refractivity contribution in [2.75, 3.05) is 0 Å². The van der Waals surface area contributed by atoms with Crippen LogP contribution in [-0.4, -0.2) is 14.1 Å². The number of nitrogens with zero attached hydrogens (tertiary/aromatic N) is 3. The van der Waals surface area contributed by atoms with Gasteiger partial charge in [0.15, 0.2) is 0 Å². The molecule has 5 aromatic carbocycles. The maximum absolute atomic E-state index is 4.48. The molecule has 0 saturated heterocycles. The first-order valence-corrected chi connectivity index (χ1v) is 12.6. The van der Waals surface area contributed by atoms with Gasteiger partial charge in [0.25, 0.3) is 0 Å². The van der Waals surface area contributed by atoms with Gasteiger partial charge in [0.05, 0.1) is 37.8 Å². The van der Waals surface area contributed by atoms with Gasteiger partial charge in [0.1, 0.15) is 0 Å². The number of rotatable bonds is 2. The maximum Gasteiger partial charge on any atom is 0.0813 e. The molecule has 3 heterocycles. The van der Waals surface area contributed by atoms with Gasteiger partial charge in [0, 0.05) is 32.9 Å². The Hall–Kier alpha value is -4.41. The molecule has 0 radical (unpaired) electrons. The van der Waals surface area contributed by atoms with Crippen LogP contribution in [0.2, 0.25) is 0 Å². The molecule has 3 nitrogen and oxygen atoms in total. The molecule has 3 aromatic heterocycles. The van der Waals surface area contributed by atoms with Gasteiger partial charge in [-0.05, 0) is 48.5 Å². The molecule has 0 amide bonds. The summed E-state index contributed by atoms with van der Waals surface area (Å²) in [5.74, 6) is 0. The number of benzene rings is 5. The molecular weight excluding hydrogens is 446 g/mol. The van der Waals surface area contributed by atoms with E-state index in [1.54, 1.807) is 11.3 Å². The van der Waals surface area contributed by atoms with Crippen LogP contribution < -0.4 is 0 Å². The van der Waals surface area contributed by atoms with E-state index in [2.05, 4.69) is 123 Å². The second-order valence-electron chi connectivity index (χ2n) is 8.90. The van der Waals surface area contributed by atoms with Crippen LogP contribution in [0.4, 0.5) is 0 Å². The molecule has 0 spiro atoms. The van der Waals surface area contributed by atoms with Crippen LogP contribution in [0, 0.1) is 0 Å². The van der Waals surface area contributed by atoms with Gasteiger partial charge >= 0.3 is 0 Å². The lowest BCUT2D eigenvalue weighted by molar-refractivity contribution is 1.18. The third-order valence-corrected chi connectivity index (χ3v) is 7.85. The molecule has 0 atom stereocenters. The average molecular weight is 466 g/mol. The molecule has 0 N–H and O–H groups in total. The molecule has 8 aromatic rings. The molecule has 164 valence electrons. The third kappa shape index (κ3) is 2.57. The van der Waals surface area contributed by atoms with Gasteiger partial charge in [-0.2, -0.15) is 0 Å². The molecule has 4 heteroatoms. The van der Waals surface area contributed by atoms with E-state index >= 15 is 0 Å². The van der Waals surface area contributed by atoms with E-state index < -0.39 is 0 Å². The van der Waals surface area contributed by atoms with Gasteiger partial charge < -0.3 is 9.13 Å². The third-order valence-electron chi connectivity index (χ3n) is 7.06. The van der Waals surface area contributed by atoms with Crippen molar-refractivity contribution >= 4 is 65.2 Å². The van der Waals surface area contributed by atoms with Crippen molar-refractivity contribution in [2.45, 2.75) is 0 Å². The van der Waals surface area contributed by atoms with Crippen molar-refractivity contribution < 1.29 is 0 Å². The van der Waals surface area contributed by atoms with E-state index in [-0.39, 0.29) is 0 Å². The Labute approximate surface area is 205 Å². The first-order chi connectivity index (χ1) is 17.4. The van der Waals surface area contributed by atoms with Gasteiger partial charge in [-0.15, -0.1) is 11.3 Å². The van der Waals surface area contributed by atoms with Crippen LogP contribution >= 0.6 is 11.3 Å². The molecular formula is C31H19N3S. The maximum atomic E-state index is 4.48. The smallest absolute Gasteiger partial charge is 0.0813 e. The molecule has 0 aliphatic rings. The molecule has 0 saturated carbocycles. The van der Waals surface area contributed by atoms with Crippen molar-refractivity contribution in [2.24, 2.45) is 0 Å². The van der Waals surface area contributed by atoms with Gasteiger partial charge in [-0.3, -0.25) is 0 Å². The van der Waals surface area contributed by atoms with Crippen LogP contribution in [0.1, 0.15) is 0 Å². The quantitative estimate of drug-likeness (QED) is 0.251. The van der Waals surface area contributed by atoms with E-state index in [1.807, 2.05) is 5.51 Å². The van der Waals surface area contributed by atoms with Crippen molar-refractivity contribution in [1.82, 2.24) is 14.1 Å². The Kier molecular flexibility index (Phi) is 3.82. The average Bonchev–Trinajstić information content (AvgIpc) is 3.60. The van der Waals surface area contributed by atoms with E-state index in [0.29, 0.717) is 0 Å². The molecule has 0 aliphatic carbocycles. The van der Waals surface area contributed by atoms with Crippen LogP contribution in [0.15, 0.2) is 115 Å². The summed E-state index contributed by atoms with van der Waals surface area (Å²) in [6.07, 6.45) is 0. The highest BCUT2D eigenvalue weighted by atomic mass is 32.1. The van der Waals surface area contributed by atoms with Crippen LogP contribution in [0.5, 0.6) is 0 Å². The minimum atomic E-state index is 1.05. The summed E-state index contributed by atoms with van der Waals surface area (Å²) in [6.45, 7) is 0. The summed E-state index contributed by atoms with van der Waals surface area (Å²) >= 11 is 1.69. The van der Waals surface area contributed by atoms with Crippen LogP contribution in [0.3, 0.4) is 0 Å². The number of hydrogen-bond acceptors (Lipinski definition) is 2. The Bertz CT molecular complexity index is 2060. The van der Waals surface area contributed by atoms with Gasteiger partial charge in [-0.1, -0.05) is 60.7 Å². The topological polar surface area (TPSA) is 22.8 Å². The second kappa shape index (κ2) is 7.05. The van der Waals surface area contributed by atoms with E-state index in [0.717, 1.165) is 11.2 Å². The molecule has 8 rings (SSSR count). The Morgan fingerprint density at radius 1 is 0.543 bits per heavy atom. The van der Waals surface area contributed by atoms with Crippen LogP contribution in [0.25, 0.3) is 65.2 Å². The second-order valence-corrected chi connectivity index (χ2v) is 9.79. The lowest BCUT2D eigenvalue weighted by atomic mass is 10.1. The highest BCUT2D eigenvalue weighted by molar-refractivity contribution is 7.16. The summed E-state index contributed by atoms with van der Waals surface area (Å²) in [5.41, 5.74) is 10.2. The summed E-state index contributed by atoms with van der Waals surface area (Å²) in [4.78, 5) is 4.48. The first-order valence-electron chi connectivity index (χ1n) is 11.7. The number of para-hydroxylation sites is 3. The summed E-state index contributed by atoms with van der Waals surface area (Å²) in [7, 11) is 0. The molecule has 0 aliphatic heterocycles. The van der Waals surface area contributed by atoms with E-state index in [9.17, 15) is 0 Å². The largest absolute Gasteiger partial charge is 0.309 e. The molecule has 0 fully saturated rings. The first kappa shape index (κ1) is 19.0. The minimum absolute atomic E-state index is 1.05. The number of thiazole rings is 1. The van der Waals surface area contributed by atoms with Gasteiger partial charge in [-0.25, -0.2) is 4.98 Å². The Balaban J connectivity index is 1.61. The van der Waals surface area contributed by atoms with Crippen molar-refractivity contribution in [1.29, 1.82) is 0 Å². The predicted octanol–water partition coefficient (Wildman–Crippen LogP) is 8.49. The van der Waals surface area contributed by atoms with Crippen molar-refractivity contribution in [3.05, 3.63) is 115 Å². The summed E-state index contributed by atoms with van der Waals surface area (Å²) in [6, 6.07) is 39.3. The van der Waals surface area contributed by atoms with E-state index in [4.69, 9.17) is 0 Å². The Morgan fingerprint density at radius 3 is 2.14 bits per heavy atom. The van der Waals surface area contributed by atoms with Gasteiger partial charge in [0.2, 0.25) is 0 Å². The zero-order valence-corrected chi connectivity index (χ0v) is 19.5.